The van der Waals surface area contributed by atoms with Crippen LogP contribution in [0.1, 0.15) is 22.3 Å². The van der Waals surface area contributed by atoms with Crippen LogP contribution >= 0.6 is 0 Å². The van der Waals surface area contributed by atoms with Gasteiger partial charge in [0.2, 0.25) is 0 Å². The molecule has 29 heavy (non-hydrogen) atoms. The van der Waals surface area contributed by atoms with Gasteiger partial charge in [-0.25, -0.2) is 0 Å². The topological polar surface area (TPSA) is 53.0 Å². The molecule has 1 aliphatic rings. The molecule has 150 valence electrons. The molecule has 0 saturated carbocycles. The maximum Gasteiger partial charge on any atom is 0.257 e. The minimum absolute atomic E-state index is 0.0491. The number of hydrogen-bond acceptors (Lipinski definition) is 4. The van der Waals surface area contributed by atoms with Gasteiger partial charge in [-0.15, -0.1) is 0 Å². The maximum absolute atomic E-state index is 13.1. The fourth-order valence-electron chi connectivity index (χ4n) is 3.89. The van der Waals surface area contributed by atoms with Crippen molar-refractivity contribution in [1.29, 1.82) is 0 Å². The Morgan fingerprint density at radius 2 is 1.69 bits per heavy atom. The van der Waals surface area contributed by atoms with E-state index in [-0.39, 0.29) is 11.7 Å². The van der Waals surface area contributed by atoms with Crippen LogP contribution in [0.5, 0.6) is 11.5 Å². The molecule has 3 aromatic rings. The minimum atomic E-state index is -0.0976. The SMILES string of the molecule is COc1ccc(CN2CCCN(C(=O)c3cc4ccccc4cc3O)CC2)cc1. The molecule has 1 saturated heterocycles. The van der Waals surface area contributed by atoms with Gasteiger partial charge >= 0.3 is 0 Å². The summed E-state index contributed by atoms with van der Waals surface area (Å²) < 4.78 is 5.22. The lowest BCUT2D eigenvalue weighted by molar-refractivity contribution is 0.0758. The first-order valence-electron chi connectivity index (χ1n) is 10.0. The lowest BCUT2D eigenvalue weighted by atomic mass is 10.0. The molecule has 5 heteroatoms. The number of phenolic OH excluding ortho intramolecular Hbond substituents is 1. The third kappa shape index (κ3) is 4.35. The quantitative estimate of drug-likeness (QED) is 0.734. The highest BCUT2D eigenvalue weighted by Crippen LogP contribution is 2.26. The van der Waals surface area contributed by atoms with Crippen molar-refractivity contribution in [2.75, 3.05) is 33.3 Å². The van der Waals surface area contributed by atoms with E-state index in [1.165, 1.54) is 5.56 Å². The van der Waals surface area contributed by atoms with Crippen LogP contribution in [0.3, 0.4) is 0 Å². The number of methoxy groups -OCH3 is 1. The lowest BCUT2D eigenvalue weighted by Crippen LogP contribution is -2.35. The Hall–Kier alpha value is -3.05. The van der Waals surface area contributed by atoms with Crippen LogP contribution in [0.4, 0.5) is 0 Å². The first-order chi connectivity index (χ1) is 14.1. The number of amides is 1. The van der Waals surface area contributed by atoms with Crippen molar-refractivity contribution >= 4 is 16.7 Å². The van der Waals surface area contributed by atoms with Gasteiger partial charge < -0.3 is 14.7 Å². The molecule has 0 atom stereocenters. The Morgan fingerprint density at radius 3 is 2.41 bits per heavy atom. The van der Waals surface area contributed by atoms with Crippen molar-refractivity contribution in [1.82, 2.24) is 9.80 Å². The number of rotatable bonds is 4. The second-order valence-electron chi connectivity index (χ2n) is 7.49. The highest BCUT2D eigenvalue weighted by atomic mass is 16.5. The Kier molecular flexibility index (Phi) is 5.67. The van der Waals surface area contributed by atoms with Crippen LogP contribution in [0, 0.1) is 0 Å². The molecule has 3 aromatic carbocycles. The molecule has 0 spiro atoms. The van der Waals surface area contributed by atoms with Gasteiger partial charge in [-0.05, 0) is 47.0 Å². The zero-order valence-electron chi connectivity index (χ0n) is 16.7. The normalized spacial score (nSPS) is 15.3. The van der Waals surface area contributed by atoms with Crippen LogP contribution in [0.25, 0.3) is 10.8 Å². The maximum atomic E-state index is 13.1. The standard InChI is InChI=1S/C24H26N2O3/c1-29-21-9-7-18(8-10-21)17-25-11-4-12-26(14-13-25)24(28)22-15-19-5-2-3-6-20(19)16-23(22)27/h2-3,5-10,15-16,27H,4,11-14,17H2,1H3. The predicted molar refractivity (Wildman–Crippen MR) is 114 cm³/mol. The Morgan fingerprint density at radius 1 is 0.966 bits per heavy atom. The van der Waals surface area contributed by atoms with Gasteiger partial charge in [0, 0.05) is 32.7 Å². The van der Waals surface area contributed by atoms with Crippen LogP contribution < -0.4 is 4.74 Å². The third-order valence-electron chi connectivity index (χ3n) is 5.54. The number of nitrogens with zero attached hydrogens (tertiary/aromatic N) is 2. The number of hydrogen-bond donors (Lipinski definition) is 1. The summed E-state index contributed by atoms with van der Waals surface area (Å²) in [6, 6.07) is 19.4. The van der Waals surface area contributed by atoms with Gasteiger partial charge in [0.25, 0.3) is 5.91 Å². The largest absolute Gasteiger partial charge is 0.507 e. The summed E-state index contributed by atoms with van der Waals surface area (Å²) in [6.07, 6.45) is 0.913. The predicted octanol–water partition coefficient (Wildman–Crippen LogP) is 3.90. The fraction of sp³-hybridized carbons (Fsp3) is 0.292. The highest BCUT2D eigenvalue weighted by molar-refractivity contribution is 6.01. The van der Waals surface area contributed by atoms with E-state index in [1.54, 1.807) is 19.2 Å². The second-order valence-corrected chi connectivity index (χ2v) is 7.49. The average molecular weight is 390 g/mol. The Labute approximate surface area is 171 Å². The van der Waals surface area contributed by atoms with Gasteiger partial charge in [-0.2, -0.15) is 0 Å². The number of benzene rings is 3. The molecule has 0 bridgehead atoms. The zero-order valence-corrected chi connectivity index (χ0v) is 16.7. The average Bonchev–Trinajstić information content (AvgIpc) is 2.99. The lowest BCUT2D eigenvalue weighted by Gasteiger charge is -2.22. The molecule has 1 fully saturated rings. The molecule has 4 rings (SSSR count). The van der Waals surface area contributed by atoms with Crippen molar-refractivity contribution in [3.63, 3.8) is 0 Å². The van der Waals surface area contributed by atoms with Crippen LogP contribution in [0.15, 0.2) is 60.7 Å². The van der Waals surface area contributed by atoms with Crippen molar-refractivity contribution in [3.8, 4) is 11.5 Å². The van der Waals surface area contributed by atoms with E-state index in [1.807, 2.05) is 41.3 Å². The first kappa shape index (κ1) is 19.3. The van der Waals surface area contributed by atoms with Gasteiger partial charge in [-0.1, -0.05) is 36.4 Å². The summed E-state index contributed by atoms with van der Waals surface area (Å²) >= 11 is 0. The third-order valence-corrected chi connectivity index (χ3v) is 5.54. The smallest absolute Gasteiger partial charge is 0.257 e. The van der Waals surface area contributed by atoms with E-state index in [2.05, 4.69) is 17.0 Å². The highest BCUT2D eigenvalue weighted by Gasteiger charge is 2.23. The molecule has 0 radical (unpaired) electrons. The zero-order chi connectivity index (χ0) is 20.2. The first-order valence-corrected chi connectivity index (χ1v) is 10.0. The van der Waals surface area contributed by atoms with Gasteiger partial charge in [0.05, 0.1) is 12.7 Å². The minimum Gasteiger partial charge on any atom is -0.507 e. The molecular weight excluding hydrogens is 364 g/mol. The molecule has 0 unspecified atom stereocenters. The van der Waals surface area contributed by atoms with E-state index in [0.29, 0.717) is 18.7 Å². The van der Waals surface area contributed by atoms with Crippen molar-refractivity contribution in [3.05, 3.63) is 71.8 Å². The molecular formula is C24H26N2O3. The van der Waals surface area contributed by atoms with E-state index in [0.717, 1.165) is 42.6 Å². The molecule has 1 aliphatic heterocycles. The molecule has 5 nitrogen and oxygen atoms in total. The molecule has 0 aliphatic carbocycles. The molecule has 1 amide bonds. The fourth-order valence-corrected chi connectivity index (χ4v) is 3.89. The Balaban J connectivity index is 1.44. The summed E-state index contributed by atoms with van der Waals surface area (Å²) in [6.45, 7) is 3.96. The van der Waals surface area contributed by atoms with E-state index in [9.17, 15) is 9.90 Å². The van der Waals surface area contributed by atoms with Crippen molar-refractivity contribution < 1.29 is 14.6 Å². The van der Waals surface area contributed by atoms with E-state index in [4.69, 9.17) is 4.74 Å². The molecule has 1 N–H and O–H groups in total. The van der Waals surface area contributed by atoms with E-state index < -0.39 is 0 Å². The number of carbonyl (C=O) groups is 1. The summed E-state index contributed by atoms with van der Waals surface area (Å²) in [7, 11) is 1.67. The Bertz CT molecular complexity index is 1000. The molecule has 0 aromatic heterocycles. The van der Waals surface area contributed by atoms with Gasteiger partial charge in [0.1, 0.15) is 11.5 Å². The molecule has 1 heterocycles. The van der Waals surface area contributed by atoms with Crippen LogP contribution in [0.2, 0.25) is 0 Å². The van der Waals surface area contributed by atoms with E-state index >= 15 is 0 Å². The summed E-state index contributed by atoms with van der Waals surface area (Å²) in [4.78, 5) is 17.3. The van der Waals surface area contributed by atoms with Gasteiger partial charge in [0.15, 0.2) is 0 Å². The van der Waals surface area contributed by atoms with Crippen LogP contribution in [-0.2, 0) is 6.54 Å². The van der Waals surface area contributed by atoms with Crippen molar-refractivity contribution in [2.24, 2.45) is 0 Å². The number of ether oxygens (including phenoxy) is 1. The van der Waals surface area contributed by atoms with Crippen molar-refractivity contribution in [2.45, 2.75) is 13.0 Å². The summed E-state index contributed by atoms with van der Waals surface area (Å²) in [5.74, 6) is 0.809. The van der Waals surface area contributed by atoms with Gasteiger partial charge in [-0.3, -0.25) is 9.69 Å². The number of fused-ring (bicyclic) bond motifs is 1. The summed E-state index contributed by atoms with van der Waals surface area (Å²) in [5.41, 5.74) is 1.62. The number of carbonyl (C=O) groups excluding carboxylic acids is 1. The summed E-state index contributed by atoms with van der Waals surface area (Å²) in [5, 5.41) is 12.3. The number of phenols is 1. The monoisotopic (exact) mass is 390 g/mol. The van der Waals surface area contributed by atoms with Crippen LogP contribution in [-0.4, -0.2) is 54.1 Å². The second kappa shape index (κ2) is 8.53. The number of aromatic hydroxyl groups is 1.